The monoisotopic (exact) mass is 473 g/mol. The molecule has 174 valence electrons. The highest BCUT2D eigenvalue weighted by Gasteiger charge is 2.23. The van der Waals surface area contributed by atoms with Crippen LogP contribution in [0, 0.1) is 0 Å². The molecule has 0 radical (unpaired) electrons. The van der Waals surface area contributed by atoms with Gasteiger partial charge in [-0.3, -0.25) is 4.79 Å². The molecule has 0 aliphatic carbocycles. The summed E-state index contributed by atoms with van der Waals surface area (Å²) >= 11 is 1.46. The van der Waals surface area contributed by atoms with Gasteiger partial charge in [0.2, 0.25) is 0 Å². The van der Waals surface area contributed by atoms with E-state index in [1.807, 2.05) is 24.3 Å². The van der Waals surface area contributed by atoms with Crippen molar-refractivity contribution >= 4 is 27.2 Å². The van der Waals surface area contributed by atoms with E-state index in [0.717, 1.165) is 39.2 Å². The zero-order valence-electron chi connectivity index (χ0n) is 19.0. The number of thiophene rings is 1. The lowest BCUT2D eigenvalue weighted by molar-refractivity contribution is 0.104. The number of nitrogens with zero attached hydrogens (tertiary/aromatic N) is 1. The molecule has 4 aromatic rings. The number of benzene rings is 3. The average molecular weight is 474 g/mol. The highest BCUT2D eigenvalue weighted by Crippen LogP contribution is 2.41. The highest BCUT2D eigenvalue weighted by molar-refractivity contribution is 7.22. The topological polar surface area (TPSA) is 70.0 Å². The van der Waals surface area contributed by atoms with Gasteiger partial charge in [-0.05, 0) is 98.7 Å². The number of rotatable bonds is 6. The van der Waals surface area contributed by atoms with E-state index in [-0.39, 0.29) is 17.3 Å². The fourth-order valence-electron chi connectivity index (χ4n) is 4.52. The SMILES string of the molecule is CN1CCCCC1COc1ccc(C(=O)c2c(-c3ccc(O)cc3)sc3cc(O)ccc23)cc1. The molecule has 0 spiro atoms. The molecule has 0 bridgehead atoms. The predicted molar refractivity (Wildman–Crippen MR) is 136 cm³/mol. The lowest BCUT2D eigenvalue weighted by atomic mass is 9.97. The minimum atomic E-state index is -0.0846. The smallest absolute Gasteiger partial charge is 0.195 e. The summed E-state index contributed by atoms with van der Waals surface area (Å²) in [6.07, 6.45) is 3.63. The van der Waals surface area contributed by atoms with Gasteiger partial charge in [-0.2, -0.15) is 0 Å². The summed E-state index contributed by atoms with van der Waals surface area (Å²) in [5.41, 5.74) is 2.02. The molecule has 1 unspecified atom stereocenters. The van der Waals surface area contributed by atoms with Crippen LogP contribution in [-0.4, -0.2) is 47.1 Å². The number of aromatic hydroxyl groups is 2. The molecule has 34 heavy (non-hydrogen) atoms. The maximum Gasteiger partial charge on any atom is 0.195 e. The van der Waals surface area contributed by atoms with Crippen molar-refractivity contribution in [2.24, 2.45) is 0 Å². The number of ether oxygens (including phenoxy) is 1. The van der Waals surface area contributed by atoms with Crippen LogP contribution in [-0.2, 0) is 0 Å². The molecule has 0 amide bonds. The Labute approximate surface area is 202 Å². The third kappa shape index (κ3) is 4.52. The molecule has 6 heteroatoms. The predicted octanol–water partition coefficient (Wildman–Crippen LogP) is 6.07. The van der Waals surface area contributed by atoms with Crippen molar-refractivity contribution in [2.75, 3.05) is 20.2 Å². The van der Waals surface area contributed by atoms with Gasteiger partial charge in [0.15, 0.2) is 5.78 Å². The minimum Gasteiger partial charge on any atom is -0.508 e. The molecule has 3 aromatic carbocycles. The van der Waals surface area contributed by atoms with Crippen molar-refractivity contribution in [1.29, 1.82) is 0 Å². The summed E-state index contributed by atoms with van der Waals surface area (Å²) in [6, 6.07) is 19.7. The number of fused-ring (bicyclic) bond motifs is 1. The van der Waals surface area contributed by atoms with Crippen LogP contribution in [0.25, 0.3) is 20.5 Å². The molecule has 1 aliphatic heterocycles. The summed E-state index contributed by atoms with van der Waals surface area (Å²) in [6.45, 7) is 1.75. The fourth-order valence-corrected chi connectivity index (χ4v) is 5.76. The third-order valence-corrected chi connectivity index (χ3v) is 7.71. The summed E-state index contributed by atoms with van der Waals surface area (Å²) < 4.78 is 6.86. The van der Waals surface area contributed by atoms with Crippen LogP contribution >= 0.6 is 11.3 Å². The summed E-state index contributed by atoms with van der Waals surface area (Å²) in [5, 5.41) is 20.5. The van der Waals surface area contributed by atoms with Gasteiger partial charge >= 0.3 is 0 Å². The average Bonchev–Trinajstić information content (AvgIpc) is 3.22. The maximum atomic E-state index is 13.7. The number of likely N-dealkylation sites (tertiary alicyclic amines) is 1. The molecule has 1 aliphatic rings. The Morgan fingerprint density at radius 1 is 1.00 bits per heavy atom. The normalized spacial score (nSPS) is 16.6. The van der Waals surface area contributed by atoms with E-state index < -0.39 is 0 Å². The Bertz CT molecular complexity index is 1310. The lowest BCUT2D eigenvalue weighted by Crippen LogP contribution is -2.40. The van der Waals surface area contributed by atoms with Gasteiger partial charge in [0.1, 0.15) is 23.9 Å². The van der Waals surface area contributed by atoms with Crippen molar-refractivity contribution in [3.63, 3.8) is 0 Å². The second-order valence-electron chi connectivity index (χ2n) is 8.83. The van der Waals surface area contributed by atoms with Crippen molar-refractivity contribution in [3.05, 3.63) is 77.9 Å². The van der Waals surface area contributed by atoms with Gasteiger partial charge in [-0.1, -0.05) is 6.42 Å². The second kappa shape index (κ2) is 9.49. The summed E-state index contributed by atoms with van der Waals surface area (Å²) in [4.78, 5) is 16.8. The van der Waals surface area contributed by atoms with Crippen molar-refractivity contribution < 1.29 is 19.7 Å². The van der Waals surface area contributed by atoms with Crippen molar-refractivity contribution in [2.45, 2.75) is 25.3 Å². The van der Waals surface area contributed by atoms with E-state index in [1.54, 1.807) is 42.5 Å². The molecule has 1 atom stereocenters. The Morgan fingerprint density at radius 3 is 2.47 bits per heavy atom. The fraction of sp³-hybridized carbons (Fsp3) is 0.250. The van der Waals surface area contributed by atoms with Crippen LogP contribution in [0.1, 0.15) is 35.2 Å². The number of phenols is 2. The quantitative estimate of drug-likeness (QED) is 0.333. The highest BCUT2D eigenvalue weighted by atomic mass is 32.1. The van der Waals surface area contributed by atoms with E-state index in [0.29, 0.717) is 23.8 Å². The van der Waals surface area contributed by atoms with E-state index in [4.69, 9.17) is 4.74 Å². The number of phenolic OH excluding ortho intramolecular Hbond substituents is 2. The van der Waals surface area contributed by atoms with Gasteiger partial charge in [-0.15, -0.1) is 11.3 Å². The number of hydrogen-bond acceptors (Lipinski definition) is 6. The van der Waals surface area contributed by atoms with Gasteiger partial charge in [0.25, 0.3) is 0 Å². The summed E-state index contributed by atoms with van der Waals surface area (Å²) in [5.74, 6) is 1.01. The van der Waals surface area contributed by atoms with Gasteiger partial charge in [-0.25, -0.2) is 0 Å². The molecule has 1 saturated heterocycles. The molecule has 2 N–H and O–H groups in total. The molecule has 1 fully saturated rings. The number of carbonyl (C=O) groups excluding carboxylic acids is 1. The number of hydrogen-bond donors (Lipinski definition) is 2. The Hall–Kier alpha value is -3.35. The first-order valence-corrected chi connectivity index (χ1v) is 12.3. The van der Waals surface area contributed by atoms with E-state index in [9.17, 15) is 15.0 Å². The van der Waals surface area contributed by atoms with E-state index in [2.05, 4.69) is 11.9 Å². The third-order valence-electron chi connectivity index (χ3n) is 6.51. The van der Waals surface area contributed by atoms with Crippen LogP contribution in [0.15, 0.2) is 66.7 Å². The molecule has 2 heterocycles. The Balaban J connectivity index is 1.43. The second-order valence-corrected chi connectivity index (χ2v) is 9.88. The lowest BCUT2D eigenvalue weighted by Gasteiger charge is -2.32. The standard InChI is InChI=1S/C28H27NO4S/c1-29-15-3-2-4-20(29)17-33-23-12-7-18(8-13-23)27(32)26-24-14-11-22(31)16-25(24)34-28(26)19-5-9-21(30)10-6-19/h5-14,16,20,30-31H,2-4,15,17H2,1H3. The zero-order chi connectivity index (χ0) is 23.7. The first-order valence-electron chi connectivity index (χ1n) is 11.5. The van der Waals surface area contributed by atoms with Gasteiger partial charge < -0.3 is 19.8 Å². The van der Waals surface area contributed by atoms with Crippen LogP contribution in [0.3, 0.4) is 0 Å². The zero-order valence-corrected chi connectivity index (χ0v) is 19.8. The van der Waals surface area contributed by atoms with Crippen LogP contribution in [0.2, 0.25) is 0 Å². The summed E-state index contributed by atoms with van der Waals surface area (Å²) in [7, 11) is 2.14. The molecular weight excluding hydrogens is 446 g/mol. The van der Waals surface area contributed by atoms with Crippen LogP contribution in [0.5, 0.6) is 17.2 Å². The molecular formula is C28H27NO4S. The Morgan fingerprint density at radius 2 is 1.74 bits per heavy atom. The number of likely N-dealkylation sites (N-methyl/N-ethyl adjacent to an activating group) is 1. The Kier molecular flexibility index (Phi) is 6.26. The number of ketones is 1. The maximum absolute atomic E-state index is 13.7. The van der Waals surface area contributed by atoms with Crippen molar-refractivity contribution in [1.82, 2.24) is 4.90 Å². The van der Waals surface area contributed by atoms with Gasteiger partial charge in [0, 0.05) is 32.1 Å². The van der Waals surface area contributed by atoms with E-state index >= 15 is 0 Å². The largest absolute Gasteiger partial charge is 0.508 e. The molecule has 5 nitrogen and oxygen atoms in total. The number of piperidine rings is 1. The van der Waals surface area contributed by atoms with Crippen molar-refractivity contribution in [3.8, 4) is 27.7 Å². The molecule has 1 aromatic heterocycles. The molecule has 5 rings (SSSR count). The minimum absolute atomic E-state index is 0.0846. The first kappa shape index (κ1) is 22.4. The number of carbonyl (C=O) groups is 1. The van der Waals surface area contributed by atoms with E-state index in [1.165, 1.54) is 24.2 Å². The van der Waals surface area contributed by atoms with Crippen LogP contribution < -0.4 is 4.74 Å². The van der Waals surface area contributed by atoms with Gasteiger partial charge in [0.05, 0.1) is 0 Å². The van der Waals surface area contributed by atoms with Crippen LogP contribution in [0.4, 0.5) is 0 Å². The molecule has 0 saturated carbocycles. The first-order chi connectivity index (χ1) is 16.5.